The Kier molecular flexibility index (Phi) is 5.14. The molecule has 1 aliphatic rings. The van der Waals surface area contributed by atoms with Gasteiger partial charge in [-0.15, -0.1) is 0 Å². The average molecular weight is 390 g/mol. The molecule has 0 radical (unpaired) electrons. The van der Waals surface area contributed by atoms with Crippen molar-refractivity contribution in [3.05, 3.63) is 58.0 Å². The van der Waals surface area contributed by atoms with Gasteiger partial charge >= 0.3 is 0 Å². The smallest absolute Gasteiger partial charge is 0.263 e. The van der Waals surface area contributed by atoms with E-state index in [0.717, 1.165) is 24.9 Å². The van der Waals surface area contributed by atoms with Crippen molar-refractivity contribution in [3.63, 3.8) is 0 Å². The Bertz CT molecular complexity index is 1150. The molecule has 8 nitrogen and oxygen atoms in total. The highest BCUT2D eigenvalue weighted by Gasteiger charge is 2.23. The summed E-state index contributed by atoms with van der Waals surface area (Å²) in [7, 11) is 1.51. The molecule has 0 amide bonds. The molecule has 0 unspecified atom stereocenters. The second-order valence-corrected chi connectivity index (χ2v) is 7.16. The summed E-state index contributed by atoms with van der Waals surface area (Å²) < 4.78 is 6.80. The minimum absolute atomic E-state index is 0.0326. The van der Waals surface area contributed by atoms with Crippen LogP contribution >= 0.6 is 0 Å². The van der Waals surface area contributed by atoms with Crippen LogP contribution in [0.15, 0.2) is 41.3 Å². The molecule has 1 saturated heterocycles. The number of hydrogen-bond acceptors (Lipinski definition) is 7. The van der Waals surface area contributed by atoms with Gasteiger partial charge in [0.05, 0.1) is 42.4 Å². The van der Waals surface area contributed by atoms with Gasteiger partial charge in [-0.05, 0) is 24.5 Å². The maximum atomic E-state index is 13.4. The zero-order valence-corrected chi connectivity index (χ0v) is 16.2. The van der Waals surface area contributed by atoms with E-state index in [1.807, 2.05) is 23.1 Å². The van der Waals surface area contributed by atoms with Crippen LogP contribution in [0.3, 0.4) is 0 Å². The van der Waals surface area contributed by atoms with E-state index >= 15 is 0 Å². The standard InChI is InChI=1S/C21H22N6O2/c1-29-19-9-17-18(11-24-19)25-21(26-8-4-7-16(23)13-26)27(20(17)28)12-15-6-3-2-5-14(15)10-22/h2-3,5-6,9,11,16H,4,7-8,12-13,23H2,1H3/t16-/m1/s1. The molecule has 0 aliphatic carbocycles. The molecule has 0 spiro atoms. The lowest BCUT2D eigenvalue weighted by molar-refractivity contribution is 0.398. The Morgan fingerprint density at radius 2 is 2.21 bits per heavy atom. The van der Waals surface area contributed by atoms with Gasteiger partial charge < -0.3 is 15.4 Å². The summed E-state index contributed by atoms with van der Waals surface area (Å²) in [6.07, 6.45) is 3.44. The second-order valence-electron chi connectivity index (χ2n) is 7.16. The molecule has 1 aliphatic heterocycles. The van der Waals surface area contributed by atoms with Crippen LogP contribution in [0.5, 0.6) is 5.88 Å². The Morgan fingerprint density at radius 3 is 2.97 bits per heavy atom. The normalized spacial score (nSPS) is 16.6. The predicted octanol–water partition coefficient (Wildman–Crippen LogP) is 1.65. The molecular formula is C21H22N6O2. The third kappa shape index (κ3) is 3.65. The van der Waals surface area contributed by atoms with Gasteiger partial charge in [0.1, 0.15) is 0 Å². The molecular weight excluding hydrogens is 368 g/mol. The summed E-state index contributed by atoms with van der Waals surface area (Å²) in [6, 6.07) is 11.1. The minimum atomic E-state index is -0.197. The number of nitrogens with two attached hydrogens (primary N) is 1. The highest BCUT2D eigenvalue weighted by molar-refractivity contribution is 5.79. The van der Waals surface area contributed by atoms with Crippen molar-refractivity contribution in [2.24, 2.45) is 5.73 Å². The lowest BCUT2D eigenvalue weighted by atomic mass is 10.1. The predicted molar refractivity (Wildman–Crippen MR) is 110 cm³/mol. The second kappa shape index (κ2) is 7.89. The highest BCUT2D eigenvalue weighted by atomic mass is 16.5. The lowest BCUT2D eigenvalue weighted by Gasteiger charge is -2.33. The van der Waals surface area contributed by atoms with Crippen molar-refractivity contribution >= 4 is 16.9 Å². The van der Waals surface area contributed by atoms with Crippen molar-refractivity contribution in [1.82, 2.24) is 14.5 Å². The third-order valence-corrected chi connectivity index (χ3v) is 5.21. The fraction of sp³-hybridized carbons (Fsp3) is 0.333. The first-order valence-electron chi connectivity index (χ1n) is 9.54. The number of piperidine rings is 1. The summed E-state index contributed by atoms with van der Waals surface area (Å²) in [5, 5.41) is 9.88. The molecule has 2 N–H and O–H groups in total. The van der Waals surface area contributed by atoms with E-state index in [9.17, 15) is 10.1 Å². The molecule has 1 aromatic carbocycles. The van der Waals surface area contributed by atoms with Gasteiger partial charge in [0, 0.05) is 25.2 Å². The van der Waals surface area contributed by atoms with Crippen molar-refractivity contribution < 1.29 is 4.74 Å². The Labute approximate surface area is 168 Å². The zero-order valence-electron chi connectivity index (χ0n) is 16.2. The van der Waals surface area contributed by atoms with E-state index in [1.54, 1.807) is 22.9 Å². The van der Waals surface area contributed by atoms with E-state index in [1.165, 1.54) is 7.11 Å². The quantitative estimate of drug-likeness (QED) is 0.721. The number of methoxy groups -OCH3 is 1. The van der Waals surface area contributed by atoms with E-state index < -0.39 is 0 Å². The highest BCUT2D eigenvalue weighted by Crippen LogP contribution is 2.22. The van der Waals surface area contributed by atoms with E-state index in [4.69, 9.17) is 15.5 Å². The Morgan fingerprint density at radius 1 is 1.38 bits per heavy atom. The number of benzene rings is 1. The molecule has 0 saturated carbocycles. The summed E-state index contributed by atoms with van der Waals surface area (Å²) in [5.74, 6) is 0.908. The maximum Gasteiger partial charge on any atom is 0.263 e. The summed E-state index contributed by atoms with van der Waals surface area (Å²) in [6.45, 7) is 1.65. The van der Waals surface area contributed by atoms with Crippen LogP contribution < -0.4 is 20.9 Å². The number of aromatic nitrogens is 3. The third-order valence-electron chi connectivity index (χ3n) is 5.21. The van der Waals surface area contributed by atoms with Gasteiger partial charge in [-0.25, -0.2) is 9.97 Å². The molecule has 3 heterocycles. The van der Waals surface area contributed by atoms with Crippen LogP contribution in [0.1, 0.15) is 24.0 Å². The first-order valence-corrected chi connectivity index (χ1v) is 9.54. The largest absolute Gasteiger partial charge is 0.481 e. The van der Waals surface area contributed by atoms with Gasteiger partial charge in [-0.1, -0.05) is 18.2 Å². The number of hydrogen-bond donors (Lipinski definition) is 1. The molecule has 8 heteroatoms. The van der Waals surface area contributed by atoms with Crippen molar-refractivity contribution in [1.29, 1.82) is 5.26 Å². The first-order chi connectivity index (χ1) is 14.1. The lowest BCUT2D eigenvalue weighted by Crippen LogP contribution is -2.45. The van der Waals surface area contributed by atoms with E-state index in [0.29, 0.717) is 34.8 Å². The number of ether oxygens (including phenoxy) is 1. The van der Waals surface area contributed by atoms with Crippen LogP contribution in [0.25, 0.3) is 10.9 Å². The zero-order chi connectivity index (χ0) is 20.4. The Hall–Kier alpha value is -3.44. The molecule has 29 heavy (non-hydrogen) atoms. The minimum Gasteiger partial charge on any atom is -0.481 e. The van der Waals surface area contributed by atoms with Crippen molar-refractivity contribution in [2.75, 3.05) is 25.1 Å². The van der Waals surface area contributed by atoms with Gasteiger partial charge in [-0.2, -0.15) is 5.26 Å². The molecule has 1 fully saturated rings. The molecule has 2 aromatic heterocycles. The van der Waals surface area contributed by atoms with E-state index in [2.05, 4.69) is 11.1 Å². The van der Waals surface area contributed by atoms with Crippen LogP contribution in [0.2, 0.25) is 0 Å². The van der Waals surface area contributed by atoms with Crippen molar-refractivity contribution in [2.45, 2.75) is 25.4 Å². The van der Waals surface area contributed by atoms with Gasteiger partial charge in [0.2, 0.25) is 11.8 Å². The number of nitriles is 1. The van der Waals surface area contributed by atoms with Crippen molar-refractivity contribution in [3.8, 4) is 11.9 Å². The Balaban J connectivity index is 1.91. The average Bonchev–Trinajstić information content (AvgIpc) is 2.75. The number of pyridine rings is 1. The number of fused-ring (bicyclic) bond motifs is 1. The van der Waals surface area contributed by atoms with Gasteiger partial charge in [0.15, 0.2) is 0 Å². The summed E-state index contributed by atoms with van der Waals surface area (Å²) >= 11 is 0. The fourth-order valence-corrected chi connectivity index (χ4v) is 3.72. The van der Waals surface area contributed by atoms with Gasteiger partial charge in [0.25, 0.3) is 5.56 Å². The maximum absolute atomic E-state index is 13.4. The molecule has 4 rings (SSSR count). The monoisotopic (exact) mass is 390 g/mol. The topological polar surface area (TPSA) is 110 Å². The first kappa shape index (κ1) is 18.9. The van der Waals surface area contributed by atoms with Crippen LogP contribution in [-0.4, -0.2) is 40.8 Å². The SMILES string of the molecule is COc1cc2c(=O)n(Cc3ccccc3C#N)c(N3CCC[C@@H](N)C3)nc2cn1. The molecule has 1 atom stereocenters. The molecule has 3 aromatic rings. The van der Waals surface area contributed by atoms with Crippen LogP contribution in [0.4, 0.5) is 5.95 Å². The number of nitrogens with zero attached hydrogens (tertiary/aromatic N) is 5. The van der Waals surface area contributed by atoms with Crippen LogP contribution in [0, 0.1) is 11.3 Å². The fourth-order valence-electron chi connectivity index (χ4n) is 3.72. The molecule has 0 bridgehead atoms. The molecule has 148 valence electrons. The van der Waals surface area contributed by atoms with E-state index in [-0.39, 0.29) is 18.1 Å². The van der Waals surface area contributed by atoms with Gasteiger partial charge in [-0.3, -0.25) is 9.36 Å². The number of rotatable bonds is 4. The number of anilines is 1. The summed E-state index contributed by atoms with van der Waals surface area (Å²) in [5.41, 5.74) is 7.78. The van der Waals surface area contributed by atoms with Crippen LogP contribution in [-0.2, 0) is 6.54 Å². The summed E-state index contributed by atoms with van der Waals surface area (Å²) in [4.78, 5) is 24.4.